The van der Waals surface area contributed by atoms with Gasteiger partial charge in [0.1, 0.15) is 5.78 Å². The molecule has 4 atom stereocenters. The Bertz CT molecular complexity index is 763. The van der Waals surface area contributed by atoms with Gasteiger partial charge in [-0.25, -0.2) is 0 Å². The normalized spacial score (nSPS) is 24.0. The summed E-state index contributed by atoms with van der Waals surface area (Å²) in [4.78, 5) is 26.4. The summed E-state index contributed by atoms with van der Waals surface area (Å²) < 4.78 is 0. The molecule has 27 heavy (non-hydrogen) atoms. The van der Waals surface area contributed by atoms with Crippen molar-refractivity contribution in [1.29, 1.82) is 0 Å². The van der Waals surface area contributed by atoms with Crippen LogP contribution in [0.1, 0.15) is 61.9 Å². The quantitative estimate of drug-likeness (QED) is 0.597. The van der Waals surface area contributed by atoms with Gasteiger partial charge in [0.2, 0.25) is 0 Å². The maximum absolute atomic E-state index is 13.4. The van der Waals surface area contributed by atoms with Crippen molar-refractivity contribution in [1.82, 2.24) is 0 Å². The van der Waals surface area contributed by atoms with Gasteiger partial charge in [0.25, 0.3) is 0 Å². The largest absolute Gasteiger partial charge is 0.299 e. The van der Waals surface area contributed by atoms with Crippen molar-refractivity contribution in [3.05, 3.63) is 71.8 Å². The van der Waals surface area contributed by atoms with Crippen molar-refractivity contribution in [3.8, 4) is 0 Å². The molecule has 1 aliphatic carbocycles. The van der Waals surface area contributed by atoms with Crippen molar-refractivity contribution in [3.63, 3.8) is 0 Å². The van der Waals surface area contributed by atoms with E-state index in [1.807, 2.05) is 48.5 Å². The molecule has 3 rings (SSSR count). The minimum Gasteiger partial charge on any atom is -0.299 e. The molecule has 0 spiro atoms. The molecule has 0 aromatic heterocycles. The van der Waals surface area contributed by atoms with Crippen molar-refractivity contribution < 1.29 is 9.59 Å². The molecule has 0 saturated heterocycles. The molecular formula is C25H30O2. The Kier molecular flexibility index (Phi) is 6.26. The van der Waals surface area contributed by atoms with Crippen LogP contribution in [0, 0.1) is 23.7 Å². The van der Waals surface area contributed by atoms with Crippen LogP contribution in [0.15, 0.2) is 60.7 Å². The monoisotopic (exact) mass is 362 g/mol. The highest BCUT2D eigenvalue weighted by molar-refractivity contribution is 5.97. The first-order valence-corrected chi connectivity index (χ1v) is 10.2. The molecule has 1 fully saturated rings. The number of rotatable bonds is 6. The fraction of sp³-hybridized carbons (Fsp3) is 0.440. The Morgan fingerprint density at radius 2 is 1.56 bits per heavy atom. The lowest BCUT2D eigenvalue weighted by Gasteiger charge is -2.39. The summed E-state index contributed by atoms with van der Waals surface area (Å²) in [6.07, 6.45) is 2.42. The minimum absolute atomic E-state index is 0.0528. The van der Waals surface area contributed by atoms with Crippen molar-refractivity contribution >= 4 is 11.6 Å². The molecule has 2 heteroatoms. The van der Waals surface area contributed by atoms with Gasteiger partial charge in [-0.15, -0.1) is 0 Å². The zero-order valence-corrected chi connectivity index (χ0v) is 16.6. The smallest absolute Gasteiger partial charge is 0.163 e. The van der Waals surface area contributed by atoms with Crippen LogP contribution in [0.4, 0.5) is 0 Å². The van der Waals surface area contributed by atoms with Crippen LogP contribution in [0.3, 0.4) is 0 Å². The van der Waals surface area contributed by atoms with E-state index in [-0.39, 0.29) is 23.5 Å². The van der Waals surface area contributed by atoms with Gasteiger partial charge in [0.05, 0.1) is 0 Å². The van der Waals surface area contributed by atoms with Crippen LogP contribution in [0.5, 0.6) is 0 Å². The fourth-order valence-electron chi connectivity index (χ4n) is 4.64. The third-order valence-corrected chi connectivity index (χ3v) is 6.21. The predicted molar refractivity (Wildman–Crippen MR) is 110 cm³/mol. The van der Waals surface area contributed by atoms with Crippen molar-refractivity contribution in [2.24, 2.45) is 23.7 Å². The van der Waals surface area contributed by atoms with Gasteiger partial charge in [-0.05, 0) is 30.2 Å². The molecule has 0 bridgehead atoms. The Morgan fingerprint density at radius 1 is 0.963 bits per heavy atom. The van der Waals surface area contributed by atoms with E-state index < -0.39 is 0 Å². The molecule has 1 saturated carbocycles. The lowest BCUT2D eigenvalue weighted by Crippen LogP contribution is -2.40. The zero-order valence-electron chi connectivity index (χ0n) is 16.6. The molecule has 0 unspecified atom stereocenters. The molecule has 0 radical (unpaired) electrons. The lowest BCUT2D eigenvalue weighted by molar-refractivity contribution is -0.133. The van der Waals surface area contributed by atoms with Gasteiger partial charge in [-0.1, -0.05) is 81.4 Å². The van der Waals surface area contributed by atoms with Crippen LogP contribution in [-0.2, 0) is 4.79 Å². The average Bonchev–Trinajstić information content (AvgIpc) is 2.68. The molecule has 2 aromatic carbocycles. The Hall–Kier alpha value is -2.22. The van der Waals surface area contributed by atoms with E-state index in [4.69, 9.17) is 0 Å². The molecule has 142 valence electrons. The van der Waals surface area contributed by atoms with Crippen LogP contribution < -0.4 is 0 Å². The number of hydrogen-bond acceptors (Lipinski definition) is 2. The number of Topliss-reactive ketones (excluding diaryl/α,β-unsaturated/α-hetero) is 2. The van der Waals surface area contributed by atoms with E-state index in [1.165, 1.54) is 0 Å². The summed E-state index contributed by atoms with van der Waals surface area (Å²) in [5, 5.41) is 0. The first-order valence-electron chi connectivity index (χ1n) is 10.2. The summed E-state index contributed by atoms with van der Waals surface area (Å²) in [7, 11) is 0. The summed E-state index contributed by atoms with van der Waals surface area (Å²) in [6.45, 7) is 6.46. The van der Waals surface area contributed by atoms with Gasteiger partial charge in [0.15, 0.2) is 5.78 Å². The molecule has 0 N–H and O–H groups in total. The standard InChI is InChI=1S/C25H30O2/c1-17(2)21-15-14-18(3)24(25(21)27)22(19-10-6-4-7-11-19)16-23(26)20-12-8-5-9-13-20/h4-13,17-18,21-22,24H,14-16H2,1-3H3/t18-,21-,22-,24-/m0/s1. The molecule has 2 nitrogen and oxygen atoms in total. The predicted octanol–water partition coefficient (Wildman–Crippen LogP) is 5.93. The van der Waals surface area contributed by atoms with Crippen LogP contribution in [0.2, 0.25) is 0 Å². The van der Waals surface area contributed by atoms with E-state index in [0.717, 1.165) is 24.0 Å². The van der Waals surface area contributed by atoms with Gasteiger partial charge in [0, 0.05) is 29.7 Å². The maximum Gasteiger partial charge on any atom is 0.163 e. The van der Waals surface area contributed by atoms with Gasteiger partial charge in [-0.2, -0.15) is 0 Å². The van der Waals surface area contributed by atoms with Crippen molar-refractivity contribution in [2.45, 2.75) is 46.0 Å². The highest BCUT2D eigenvalue weighted by atomic mass is 16.1. The molecular weight excluding hydrogens is 332 g/mol. The maximum atomic E-state index is 13.4. The van der Waals surface area contributed by atoms with E-state index in [9.17, 15) is 9.59 Å². The second-order valence-corrected chi connectivity index (χ2v) is 8.34. The fourth-order valence-corrected chi connectivity index (χ4v) is 4.64. The van der Waals surface area contributed by atoms with E-state index in [2.05, 4.69) is 32.9 Å². The lowest BCUT2D eigenvalue weighted by atomic mass is 9.63. The van der Waals surface area contributed by atoms with Gasteiger partial charge >= 0.3 is 0 Å². The first-order chi connectivity index (χ1) is 13.0. The Labute approximate surface area is 163 Å². The van der Waals surface area contributed by atoms with Crippen LogP contribution >= 0.6 is 0 Å². The summed E-state index contributed by atoms with van der Waals surface area (Å²) in [5.74, 6) is 1.12. The third kappa shape index (κ3) is 4.37. The highest BCUT2D eigenvalue weighted by Gasteiger charge is 2.42. The van der Waals surface area contributed by atoms with Crippen LogP contribution in [-0.4, -0.2) is 11.6 Å². The summed E-state index contributed by atoms with van der Waals surface area (Å²) in [6, 6.07) is 19.6. The first kappa shape index (κ1) is 19.5. The van der Waals surface area contributed by atoms with E-state index >= 15 is 0 Å². The SMILES string of the molecule is CC(C)[C@@H]1CC[C@H](C)[C@@H]([C@@H](CC(=O)c2ccccc2)c2ccccc2)C1=O. The van der Waals surface area contributed by atoms with Crippen LogP contribution in [0.25, 0.3) is 0 Å². The number of ketones is 2. The molecule has 0 amide bonds. The number of carbonyl (C=O) groups is 2. The molecule has 2 aromatic rings. The number of hydrogen-bond donors (Lipinski definition) is 0. The minimum atomic E-state index is -0.0822. The third-order valence-electron chi connectivity index (χ3n) is 6.21. The zero-order chi connectivity index (χ0) is 19.4. The van der Waals surface area contributed by atoms with Gasteiger partial charge < -0.3 is 0 Å². The van der Waals surface area contributed by atoms with Gasteiger partial charge in [-0.3, -0.25) is 9.59 Å². The number of benzene rings is 2. The average molecular weight is 363 g/mol. The molecule has 0 aliphatic heterocycles. The van der Waals surface area contributed by atoms with Crippen molar-refractivity contribution in [2.75, 3.05) is 0 Å². The Balaban J connectivity index is 1.94. The Morgan fingerprint density at radius 3 is 2.15 bits per heavy atom. The second kappa shape index (κ2) is 8.65. The van der Waals surface area contributed by atoms with E-state index in [1.54, 1.807) is 0 Å². The highest BCUT2D eigenvalue weighted by Crippen LogP contribution is 2.43. The van der Waals surface area contributed by atoms with E-state index in [0.29, 0.717) is 24.0 Å². The second-order valence-electron chi connectivity index (χ2n) is 8.34. The molecule has 0 heterocycles. The number of carbonyl (C=O) groups excluding carboxylic acids is 2. The summed E-state index contributed by atoms with van der Waals surface area (Å²) >= 11 is 0. The summed E-state index contributed by atoms with van der Waals surface area (Å²) in [5.41, 5.74) is 1.84. The topological polar surface area (TPSA) is 34.1 Å². The molecule has 1 aliphatic rings.